The molecule has 0 saturated carbocycles. The number of rotatable bonds is 7. The zero-order valence-corrected chi connectivity index (χ0v) is 16.0. The molecule has 0 aliphatic rings. The summed E-state index contributed by atoms with van der Waals surface area (Å²) in [6.07, 6.45) is 0. The highest BCUT2D eigenvalue weighted by molar-refractivity contribution is 6.30. The number of halogens is 1. The summed E-state index contributed by atoms with van der Waals surface area (Å²) in [4.78, 5) is 23.0. The summed E-state index contributed by atoms with van der Waals surface area (Å²) in [5.74, 6) is 1.46. The Balaban J connectivity index is 1.45. The van der Waals surface area contributed by atoms with Crippen molar-refractivity contribution >= 4 is 29.1 Å². The van der Waals surface area contributed by atoms with Gasteiger partial charge in [-0.05, 0) is 60.7 Å². The lowest BCUT2D eigenvalue weighted by Crippen LogP contribution is -2.28. The topological polar surface area (TPSA) is 80.6 Å². The molecule has 0 atom stereocenters. The number of benzene rings is 2. The standard InChI is InChI=1S/C21H19ClN2O4/c1-14(25)24-17-6-8-18(9-7-17)27-13-21(26)23-12-19-10-11-20(28-19)15-2-4-16(22)5-3-15/h2-11H,12-13H2,1H3,(H,23,26)(H,24,25). The molecule has 0 unspecified atom stereocenters. The van der Waals surface area contributed by atoms with E-state index in [0.29, 0.717) is 28.0 Å². The van der Waals surface area contributed by atoms with Crippen molar-refractivity contribution in [3.05, 3.63) is 71.4 Å². The Labute approximate surface area is 167 Å². The van der Waals surface area contributed by atoms with Crippen LogP contribution in [0.25, 0.3) is 11.3 Å². The van der Waals surface area contributed by atoms with E-state index in [9.17, 15) is 9.59 Å². The lowest BCUT2D eigenvalue weighted by molar-refractivity contribution is -0.123. The average molecular weight is 399 g/mol. The molecule has 0 aliphatic heterocycles. The van der Waals surface area contributed by atoms with Crippen molar-refractivity contribution < 1.29 is 18.7 Å². The number of carbonyl (C=O) groups excluding carboxylic acids is 2. The summed E-state index contributed by atoms with van der Waals surface area (Å²) in [5, 5.41) is 6.07. The van der Waals surface area contributed by atoms with Gasteiger partial charge in [-0.3, -0.25) is 9.59 Å². The Hall–Kier alpha value is -3.25. The van der Waals surface area contributed by atoms with E-state index >= 15 is 0 Å². The Kier molecular flexibility index (Phi) is 6.34. The Morgan fingerprint density at radius 2 is 1.71 bits per heavy atom. The van der Waals surface area contributed by atoms with Crippen LogP contribution in [-0.2, 0) is 16.1 Å². The molecular weight excluding hydrogens is 380 g/mol. The van der Waals surface area contributed by atoms with E-state index in [2.05, 4.69) is 10.6 Å². The highest BCUT2D eigenvalue weighted by Gasteiger charge is 2.08. The van der Waals surface area contributed by atoms with Gasteiger partial charge in [0.15, 0.2) is 6.61 Å². The Bertz CT molecular complexity index is 949. The predicted molar refractivity (Wildman–Crippen MR) is 107 cm³/mol. The predicted octanol–water partition coefficient (Wildman–Crippen LogP) is 4.25. The first-order valence-electron chi connectivity index (χ1n) is 8.61. The van der Waals surface area contributed by atoms with Crippen LogP contribution in [0.2, 0.25) is 5.02 Å². The SMILES string of the molecule is CC(=O)Nc1ccc(OCC(=O)NCc2ccc(-c3ccc(Cl)cc3)o2)cc1. The first kappa shape index (κ1) is 19.5. The van der Waals surface area contributed by atoms with Crippen LogP contribution >= 0.6 is 11.6 Å². The maximum Gasteiger partial charge on any atom is 0.258 e. The number of furan rings is 1. The summed E-state index contributed by atoms with van der Waals surface area (Å²) < 4.78 is 11.2. The fourth-order valence-corrected chi connectivity index (χ4v) is 2.59. The highest BCUT2D eigenvalue weighted by Crippen LogP contribution is 2.23. The van der Waals surface area contributed by atoms with Crippen molar-refractivity contribution in [2.24, 2.45) is 0 Å². The van der Waals surface area contributed by atoms with Gasteiger partial charge >= 0.3 is 0 Å². The van der Waals surface area contributed by atoms with Crippen LogP contribution in [0.5, 0.6) is 5.75 Å². The maximum absolute atomic E-state index is 12.0. The molecule has 7 heteroatoms. The van der Waals surface area contributed by atoms with Crippen molar-refractivity contribution in [3.8, 4) is 17.1 Å². The molecule has 6 nitrogen and oxygen atoms in total. The van der Waals surface area contributed by atoms with Gasteiger partial charge in [-0.1, -0.05) is 11.6 Å². The smallest absolute Gasteiger partial charge is 0.258 e. The molecule has 0 saturated heterocycles. The molecule has 1 aromatic heterocycles. The second-order valence-corrected chi connectivity index (χ2v) is 6.48. The molecule has 3 rings (SSSR count). The van der Waals surface area contributed by atoms with E-state index in [1.165, 1.54) is 6.92 Å². The second-order valence-electron chi connectivity index (χ2n) is 6.04. The Morgan fingerprint density at radius 1 is 1.00 bits per heavy atom. The quantitative estimate of drug-likeness (QED) is 0.623. The van der Waals surface area contributed by atoms with Crippen LogP contribution in [0.4, 0.5) is 5.69 Å². The minimum absolute atomic E-state index is 0.121. The lowest BCUT2D eigenvalue weighted by atomic mass is 10.2. The minimum Gasteiger partial charge on any atom is -0.484 e. The monoisotopic (exact) mass is 398 g/mol. The van der Waals surface area contributed by atoms with E-state index < -0.39 is 0 Å². The van der Waals surface area contributed by atoms with Crippen LogP contribution in [0.15, 0.2) is 65.1 Å². The Morgan fingerprint density at radius 3 is 2.39 bits per heavy atom. The van der Waals surface area contributed by atoms with E-state index in [-0.39, 0.29) is 25.0 Å². The van der Waals surface area contributed by atoms with Crippen LogP contribution in [0, 0.1) is 0 Å². The van der Waals surface area contributed by atoms with Crippen molar-refractivity contribution in [2.75, 3.05) is 11.9 Å². The van der Waals surface area contributed by atoms with Crippen molar-refractivity contribution in [2.45, 2.75) is 13.5 Å². The molecule has 28 heavy (non-hydrogen) atoms. The van der Waals surface area contributed by atoms with Crippen molar-refractivity contribution in [3.63, 3.8) is 0 Å². The van der Waals surface area contributed by atoms with Gasteiger partial charge in [-0.2, -0.15) is 0 Å². The summed E-state index contributed by atoms with van der Waals surface area (Å²) >= 11 is 5.88. The van der Waals surface area contributed by atoms with Gasteiger partial charge in [0, 0.05) is 23.2 Å². The van der Waals surface area contributed by atoms with Gasteiger partial charge in [0.1, 0.15) is 17.3 Å². The summed E-state index contributed by atoms with van der Waals surface area (Å²) in [6, 6.07) is 17.8. The van der Waals surface area contributed by atoms with Gasteiger partial charge < -0.3 is 19.8 Å². The molecule has 1 heterocycles. The van der Waals surface area contributed by atoms with Gasteiger partial charge in [0.25, 0.3) is 5.91 Å². The van der Waals surface area contributed by atoms with E-state index in [4.69, 9.17) is 20.8 Å². The summed E-state index contributed by atoms with van der Waals surface area (Å²) in [7, 11) is 0. The molecule has 0 aliphatic carbocycles. The van der Waals surface area contributed by atoms with E-state index in [1.807, 2.05) is 24.3 Å². The van der Waals surface area contributed by atoms with Crippen LogP contribution in [-0.4, -0.2) is 18.4 Å². The largest absolute Gasteiger partial charge is 0.484 e. The number of hydrogen-bond donors (Lipinski definition) is 2. The molecule has 2 amide bonds. The number of ether oxygens (including phenoxy) is 1. The van der Waals surface area contributed by atoms with Crippen molar-refractivity contribution in [1.29, 1.82) is 0 Å². The minimum atomic E-state index is -0.268. The zero-order chi connectivity index (χ0) is 19.9. The highest BCUT2D eigenvalue weighted by atomic mass is 35.5. The summed E-state index contributed by atoms with van der Waals surface area (Å²) in [5.41, 5.74) is 1.58. The number of anilines is 1. The third-order valence-electron chi connectivity index (χ3n) is 3.79. The fraction of sp³-hybridized carbons (Fsp3) is 0.143. The van der Waals surface area contributed by atoms with Gasteiger partial charge in [0.2, 0.25) is 5.91 Å². The second kappa shape index (κ2) is 9.10. The maximum atomic E-state index is 12.0. The van der Waals surface area contributed by atoms with Crippen molar-refractivity contribution in [1.82, 2.24) is 5.32 Å². The number of amides is 2. The molecule has 0 spiro atoms. The van der Waals surface area contributed by atoms with Gasteiger partial charge in [0.05, 0.1) is 6.54 Å². The molecule has 144 valence electrons. The molecule has 3 aromatic rings. The lowest BCUT2D eigenvalue weighted by Gasteiger charge is -2.08. The van der Waals surface area contributed by atoms with Gasteiger partial charge in [-0.25, -0.2) is 0 Å². The molecule has 2 N–H and O–H groups in total. The summed E-state index contributed by atoms with van der Waals surface area (Å²) in [6.45, 7) is 1.58. The zero-order valence-electron chi connectivity index (χ0n) is 15.2. The van der Waals surface area contributed by atoms with Crippen LogP contribution in [0.3, 0.4) is 0 Å². The normalized spacial score (nSPS) is 10.4. The van der Waals surface area contributed by atoms with Crippen LogP contribution in [0.1, 0.15) is 12.7 Å². The number of carbonyl (C=O) groups is 2. The first-order valence-corrected chi connectivity index (χ1v) is 8.99. The molecule has 2 aromatic carbocycles. The molecule has 0 radical (unpaired) electrons. The third kappa shape index (κ3) is 5.62. The molecule has 0 bridgehead atoms. The number of nitrogens with one attached hydrogen (secondary N) is 2. The van der Waals surface area contributed by atoms with E-state index in [1.54, 1.807) is 36.4 Å². The fourth-order valence-electron chi connectivity index (χ4n) is 2.47. The van der Waals surface area contributed by atoms with Gasteiger partial charge in [-0.15, -0.1) is 0 Å². The average Bonchev–Trinajstić information content (AvgIpc) is 3.15. The van der Waals surface area contributed by atoms with E-state index in [0.717, 1.165) is 5.56 Å². The molecule has 0 fully saturated rings. The molecular formula is C21H19ClN2O4. The van der Waals surface area contributed by atoms with Crippen LogP contribution < -0.4 is 15.4 Å². The first-order chi connectivity index (χ1) is 13.5. The number of hydrogen-bond acceptors (Lipinski definition) is 4. The third-order valence-corrected chi connectivity index (χ3v) is 4.05.